The van der Waals surface area contributed by atoms with Crippen molar-refractivity contribution in [2.45, 2.75) is 24.3 Å². The number of H-pyrrole nitrogens is 1. The molecule has 1 aliphatic carbocycles. The number of carbonyl (C=O) groups is 1. The summed E-state index contributed by atoms with van der Waals surface area (Å²) in [5.74, 6) is -0.843. The van der Waals surface area contributed by atoms with Crippen LogP contribution in [0.1, 0.15) is 18.5 Å². The molecule has 5 nitrogen and oxygen atoms in total. The molecule has 2 rings (SSSR count). The van der Waals surface area contributed by atoms with E-state index in [1.165, 1.54) is 0 Å². The zero-order valence-corrected chi connectivity index (χ0v) is 8.91. The number of hydrogen-bond acceptors (Lipinski definition) is 3. The Bertz CT molecular complexity index is 370. The molecule has 0 atom stereocenters. The van der Waals surface area contributed by atoms with E-state index in [9.17, 15) is 9.90 Å². The molecule has 1 aromatic heterocycles. The predicted octanol–water partition coefficient (Wildman–Crippen LogP) is 0.616. The number of halogens is 1. The highest BCUT2D eigenvalue weighted by molar-refractivity contribution is 9.10. The molecule has 14 heavy (non-hydrogen) atoms. The van der Waals surface area contributed by atoms with Crippen LogP contribution in [0.15, 0.2) is 10.7 Å². The molecule has 0 amide bonds. The van der Waals surface area contributed by atoms with E-state index in [-0.39, 0.29) is 6.04 Å². The Labute approximate surface area is 88.8 Å². The van der Waals surface area contributed by atoms with Gasteiger partial charge in [-0.05, 0) is 28.8 Å². The van der Waals surface area contributed by atoms with Crippen molar-refractivity contribution in [1.82, 2.24) is 10.2 Å². The first-order chi connectivity index (χ1) is 6.56. The Hall–Kier alpha value is -0.880. The molecule has 0 bridgehead atoms. The first-order valence-electron chi connectivity index (χ1n) is 4.24. The third kappa shape index (κ3) is 1.18. The summed E-state index contributed by atoms with van der Waals surface area (Å²) in [6.45, 7) is 0. The minimum Gasteiger partial charge on any atom is -0.481 e. The summed E-state index contributed by atoms with van der Waals surface area (Å²) in [7, 11) is 0. The van der Waals surface area contributed by atoms with Crippen molar-refractivity contribution in [3.05, 3.63) is 16.4 Å². The second kappa shape index (κ2) is 3.06. The maximum Gasteiger partial charge on any atom is 0.315 e. The van der Waals surface area contributed by atoms with Gasteiger partial charge in [0, 0.05) is 6.04 Å². The van der Waals surface area contributed by atoms with E-state index in [1.807, 2.05) is 0 Å². The maximum absolute atomic E-state index is 11.2. The van der Waals surface area contributed by atoms with Gasteiger partial charge in [0.05, 0.1) is 16.4 Å². The zero-order valence-electron chi connectivity index (χ0n) is 7.33. The lowest BCUT2D eigenvalue weighted by Crippen LogP contribution is -2.54. The average molecular weight is 260 g/mol. The van der Waals surface area contributed by atoms with Gasteiger partial charge in [0.1, 0.15) is 5.41 Å². The van der Waals surface area contributed by atoms with Crippen LogP contribution in [0.2, 0.25) is 0 Å². The van der Waals surface area contributed by atoms with Crippen molar-refractivity contribution < 1.29 is 9.90 Å². The molecule has 1 heterocycles. The number of aromatic nitrogens is 2. The molecule has 76 valence electrons. The van der Waals surface area contributed by atoms with Crippen LogP contribution in [-0.4, -0.2) is 27.3 Å². The summed E-state index contributed by atoms with van der Waals surface area (Å²) in [4.78, 5) is 11.2. The third-order valence-electron chi connectivity index (χ3n) is 2.70. The molecule has 0 aliphatic heterocycles. The summed E-state index contributed by atoms with van der Waals surface area (Å²) in [6.07, 6.45) is 2.48. The Balaban J connectivity index is 2.39. The van der Waals surface area contributed by atoms with E-state index in [1.54, 1.807) is 6.20 Å². The first-order valence-corrected chi connectivity index (χ1v) is 5.04. The molecule has 0 radical (unpaired) electrons. The van der Waals surface area contributed by atoms with Gasteiger partial charge in [0.25, 0.3) is 0 Å². The second-order valence-corrected chi connectivity index (χ2v) is 4.50. The standard InChI is InChI=1S/C8H10BrN3O2/c9-5-3-11-12-6(5)8(7(13)14)1-4(10)2-8/h3-4H,1-2,10H2,(H,11,12)(H,13,14). The molecule has 0 spiro atoms. The van der Waals surface area contributed by atoms with Gasteiger partial charge in [-0.1, -0.05) is 0 Å². The number of nitrogens with zero attached hydrogens (tertiary/aromatic N) is 1. The Morgan fingerprint density at radius 3 is 2.79 bits per heavy atom. The first kappa shape index (κ1) is 9.67. The van der Waals surface area contributed by atoms with Gasteiger partial charge in [-0.3, -0.25) is 9.89 Å². The summed E-state index contributed by atoms with van der Waals surface area (Å²) < 4.78 is 0.701. The van der Waals surface area contributed by atoms with Gasteiger partial charge in [-0.25, -0.2) is 0 Å². The van der Waals surface area contributed by atoms with Crippen LogP contribution in [0.3, 0.4) is 0 Å². The van der Waals surface area contributed by atoms with Crippen molar-refractivity contribution in [2.75, 3.05) is 0 Å². The molecule has 1 aliphatic rings. The number of rotatable bonds is 2. The van der Waals surface area contributed by atoms with E-state index < -0.39 is 11.4 Å². The van der Waals surface area contributed by atoms with Crippen LogP contribution in [0.5, 0.6) is 0 Å². The fourth-order valence-electron chi connectivity index (χ4n) is 1.93. The Morgan fingerprint density at radius 1 is 1.79 bits per heavy atom. The van der Waals surface area contributed by atoms with Crippen molar-refractivity contribution in [3.8, 4) is 0 Å². The maximum atomic E-state index is 11.2. The van der Waals surface area contributed by atoms with Crippen LogP contribution in [0, 0.1) is 0 Å². The van der Waals surface area contributed by atoms with E-state index in [0.717, 1.165) is 0 Å². The number of hydrogen-bond donors (Lipinski definition) is 3. The fourth-order valence-corrected chi connectivity index (χ4v) is 2.50. The number of nitrogens with two attached hydrogens (primary N) is 1. The lowest BCUT2D eigenvalue weighted by Gasteiger charge is -2.41. The molecule has 6 heteroatoms. The molecule has 0 aromatic carbocycles. The Morgan fingerprint density at radius 2 is 2.43 bits per heavy atom. The van der Waals surface area contributed by atoms with Crippen LogP contribution in [0.25, 0.3) is 0 Å². The summed E-state index contributed by atoms with van der Waals surface area (Å²) in [5, 5.41) is 15.7. The largest absolute Gasteiger partial charge is 0.481 e. The molecular formula is C8H10BrN3O2. The molecular weight excluding hydrogens is 250 g/mol. The highest BCUT2D eigenvalue weighted by atomic mass is 79.9. The van der Waals surface area contributed by atoms with Crippen molar-refractivity contribution in [1.29, 1.82) is 0 Å². The zero-order chi connectivity index (χ0) is 10.3. The van der Waals surface area contributed by atoms with Gasteiger partial charge >= 0.3 is 5.97 Å². The number of aliphatic carboxylic acids is 1. The molecule has 1 fully saturated rings. The normalized spacial score (nSPS) is 31.1. The highest BCUT2D eigenvalue weighted by Crippen LogP contribution is 2.44. The SMILES string of the molecule is NC1CC(C(=O)O)(c2[nH]ncc2Br)C1. The topological polar surface area (TPSA) is 92.0 Å². The number of carboxylic acids is 1. The molecule has 0 saturated heterocycles. The van der Waals surface area contributed by atoms with Crippen LogP contribution in [-0.2, 0) is 10.2 Å². The van der Waals surface area contributed by atoms with Gasteiger partial charge in [-0.2, -0.15) is 5.10 Å². The van der Waals surface area contributed by atoms with Gasteiger partial charge in [0.15, 0.2) is 0 Å². The highest BCUT2D eigenvalue weighted by Gasteiger charge is 2.52. The second-order valence-electron chi connectivity index (χ2n) is 3.65. The van der Waals surface area contributed by atoms with Crippen molar-refractivity contribution in [2.24, 2.45) is 5.73 Å². The number of carboxylic acid groups (broad SMARTS) is 1. The van der Waals surface area contributed by atoms with Gasteiger partial charge in [-0.15, -0.1) is 0 Å². The monoisotopic (exact) mass is 259 g/mol. The molecule has 0 unspecified atom stereocenters. The quantitative estimate of drug-likeness (QED) is 0.726. The van der Waals surface area contributed by atoms with E-state index in [4.69, 9.17) is 5.73 Å². The van der Waals surface area contributed by atoms with Gasteiger partial charge < -0.3 is 10.8 Å². The molecule has 1 saturated carbocycles. The van der Waals surface area contributed by atoms with Crippen molar-refractivity contribution in [3.63, 3.8) is 0 Å². The molecule has 4 N–H and O–H groups in total. The van der Waals surface area contributed by atoms with Crippen LogP contribution < -0.4 is 5.73 Å². The predicted molar refractivity (Wildman–Crippen MR) is 52.8 cm³/mol. The van der Waals surface area contributed by atoms with E-state index in [2.05, 4.69) is 26.1 Å². The Kier molecular flexibility index (Phi) is 2.11. The van der Waals surface area contributed by atoms with Crippen molar-refractivity contribution >= 4 is 21.9 Å². The lowest BCUT2D eigenvalue weighted by atomic mass is 9.64. The van der Waals surface area contributed by atoms with Crippen LogP contribution in [0.4, 0.5) is 0 Å². The van der Waals surface area contributed by atoms with E-state index >= 15 is 0 Å². The third-order valence-corrected chi connectivity index (χ3v) is 3.30. The number of aromatic amines is 1. The minimum absolute atomic E-state index is 0.0266. The van der Waals surface area contributed by atoms with Crippen LogP contribution >= 0.6 is 15.9 Å². The van der Waals surface area contributed by atoms with E-state index in [0.29, 0.717) is 23.0 Å². The summed E-state index contributed by atoms with van der Waals surface area (Å²) in [6, 6.07) is -0.0266. The lowest BCUT2D eigenvalue weighted by molar-refractivity contribution is -0.148. The number of nitrogens with one attached hydrogen (secondary N) is 1. The summed E-state index contributed by atoms with van der Waals surface area (Å²) in [5.41, 5.74) is 5.39. The minimum atomic E-state index is -0.866. The molecule has 1 aromatic rings. The summed E-state index contributed by atoms with van der Waals surface area (Å²) >= 11 is 3.27. The van der Waals surface area contributed by atoms with Gasteiger partial charge in [0.2, 0.25) is 0 Å². The smallest absolute Gasteiger partial charge is 0.315 e. The average Bonchev–Trinajstić information content (AvgIpc) is 2.45. The fraction of sp³-hybridized carbons (Fsp3) is 0.500.